The van der Waals surface area contributed by atoms with Gasteiger partial charge in [-0.05, 0) is 57.9 Å². The number of carbonyl (C=O) groups is 1. The molecule has 3 heterocycles. The lowest BCUT2D eigenvalue weighted by molar-refractivity contribution is -0.138. The average molecular weight is 674 g/mol. The molecule has 2 atom stereocenters. The predicted molar refractivity (Wildman–Crippen MR) is 178 cm³/mol. The number of halogens is 4. The van der Waals surface area contributed by atoms with Crippen LogP contribution in [0.1, 0.15) is 42.6 Å². The maximum Gasteiger partial charge on any atom is 0.417 e. The van der Waals surface area contributed by atoms with E-state index in [2.05, 4.69) is 39.8 Å². The lowest BCUT2D eigenvalue weighted by atomic mass is 10.0. The molecule has 1 saturated heterocycles. The number of nitrogens with one attached hydrogen (secondary N) is 1. The zero-order valence-corrected chi connectivity index (χ0v) is 28.7. The molecule has 3 aromatic rings. The smallest absolute Gasteiger partial charge is 0.417 e. The third-order valence-corrected chi connectivity index (χ3v) is 10.5. The second-order valence-electron chi connectivity index (χ2n) is 13.9. The number of amides is 1. The monoisotopic (exact) mass is 673 g/mol. The summed E-state index contributed by atoms with van der Waals surface area (Å²) in [6.45, 7) is 12.3. The lowest BCUT2D eigenvalue weighted by Gasteiger charge is -2.44. The lowest BCUT2D eigenvalue weighted by Crippen LogP contribution is -2.55. The number of hydrogen-bond acceptors (Lipinski definition) is 7. The molecule has 2 aromatic heterocycles. The van der Waals surface area contributed by atoms with Gasteiger partial charge < -0.3 is 19.7 Å². The van der Waals surface area contributed by atoms with Gasteiger partial charge in [-0.1, -0.05) is 0 Å². The van der Waals surface area contributed by atoms with Crippen LogP contribution in [0.4, 0.5) is 28.9 Å². The van der Waals surface area contributed by atoms with Crippen LogP contribution in [-0.2, 0) is 6.18 Å². The van der Waals surface area contributed by atoms with Gasteiger partial charge in [0.1, 0.15) is 5.82 Å². The summed E-state index contributed by atoms with van der Waals surface area (Å²) in [6.07, 6.45) is -0.214. The topological polar surface area (TPSA) is 79.8 Å². The van der Waals surface area contributed by atoms with Gasteiger partial charge in [0.25, 0.3) is 5.91 Å². The fourth-order valence-electron chi connectivity index (χ4n) is 5.44. The number of pyridine rings is 2. The molecule has 1 aliphatic heterocycles. The Bertz CT molecular complexity index is 1570. The van der Waals surface area contributed by atoms with Crippen molar-refractivity contribution in [1.29, 1.82) is 0 Å². The van der Waals surface area contributed by atoms with Gasteiger partial charge in [0, 0.05) is 60.8 Å². The van der Waals surface area contributed by atoms with Crippen LogP contribution in [0.3, 0.4) is 0 Å². The first-order valence-electron chi connectivity index (χ1n) is 16.0. The van der Waals surface area contributed by atoms with Gasteiger partial charge in [-0.15, -0.1) is 14.1 Å². The third kappa shape index (κ3) is 8.81. The van der Waals surface area contributed by atoms with Gasteiger partial charge in [-0.25, -0.2) is 14.4 Å². The van der Waals surface area contributed by atoms with E-state index in [0.29, 0.717) is 42.7 Å². The zero-order valence-electron chi connectivity index (χ0n) is 27.7. The summed E-state index contributed by atoms with van der Waals surface area (Å²) in [7, 11) is 0.518. The maximum atomic E-state index is 15.8. The normalized spacial score (nSPS) is 19.1. The molecule has 1 N–H and O–H groups in total. The number of rotatable bonds is 11. The highest BCUT2D eigenvalue weighted by Crippen LogP contribution is 2.38. The first kappa shape index (κ1) is 34.6. The average Bonchev–Trinajstić information content (AvgIpc) is 3.83. The largest absolute Gasteiger partial charge is 0.481 e. The highest BCUT2D eigenvalue weighted by Gasteiger charge is 2.37. The summed E-state index contributed by atoms with van der Waals surface area (Å²) in [5.74, 6) is -0.807. The van der Waals surface area contributed by atoms with E-state index in [1.54, 1.807) is 12.1 Å². The summed E-state index contributed by atoms with van der Waals surface area (Å²) >= 11 is 0. The molecule has 1 amide bonds. The first-order valence-corrected chi connectivity index (χ1v) is 19.7. The number of aromatic nitrogens is 2. The number of nitrogens with zero attached hydrogens (tertiary/aromatic N) is 4. The Morgan fingerprint density at radius 1 is 1.00 bits per heavy atom. The summed E-state index contributed by atoms with van der Waals surface area (Å²) in [5, 5.41) is 2.67. The molecule has 47 heavy (non-hydrogen) atoms. The van der Waals surface area contributed by atoms with E-state index in [1.807, 2.05) is 25.8 Å². The van der Waals surface area contributed by atoms with Crippen LogP contribution in [-0.4, -0.2) is 74.3 Å². The first-order chi connectivity index (χ1) is 22.1. The number of alkyl halides is 3. The van der Waals surface area contributed by atoms with Crippen LogP contribution in [0.15, 0.2) is 42.7 Å². The fraction of sp³-hybridized carbons (Fsp3) is 0.500. The number of ether oxygens (including phenoxy) is 2. The van der Waals surface area contributed by atoms with E-state index in [9.17, 15) is 18.0 Å². The van der Waals surface area contributed by atoms with E-state index in [0.717, 1.165) is 31.1 Å². The van der Waals surface area contributed by atoms with Crippen LogP contribution >= 0.6 is 0 Å². The van der Waals surface area contributed by atoms with Gasteiger partial charge in [-0.2, -0.15) is 32.8 Å². The highest BCUT2D eigenvalue weighted by molar-refractivity contribution is 6.76. The van der Waals surface area contributed by atoms with Crippen LogP contribution < -0.4 is 19.7 Å². The Hall–Kier alpha value is -3.71. The van der Waals surface area contributed by atoms with Gasteiger partial charge in [0.05, 0.1) is 35.7 Å². The van der Waals surface area contributed by atoms with E-state index in [4.69, 9.17) is 9.47 Å². The van der Waals surface area contributed by atoms with Gasteiger partial charge in [0.15, 0.2) is 0 Å². The minimum absolute atomic E-state index is 0.104. The summed E-state index contributed by atoms with van der Waals surface area (Å²) in [5.41, 5.74) is -0.707. The zero-order chi connectivity index (χ0) is 34.1. The van der Waals surface area contributed by atoms with E-state index < -0.39 is 37.1 Å². The van der Waals surface area contributed by atoms with Crippen molar-refractivity contribution in [2.24, 2.45) is 5.92 Å². The molecule has 0 spiro atoms. The Balaban J connectivity index is 1.48. The number of carbonyl (C=O) groups excluding carboxylic acids is 1. The number of benzene rings is 1. The second kappa shape index (κ2) is 13.8. The molecular formula is C34H43F4N5O3Si-. The Morgan fingerprint density at radius 3 is 2.28 bits per heavy atom. The quantitative estimate of drug-likeness (QED) is 0.166. The van der Waals surface area contributed by atoms with Crippen LogP contribution in [0.25, 0.3) is 11.1 Å². The van der Waals surface area contributed by atoms with Crippen molar-refractivity contribution in [3.63, 3.8) is 0 Å². The Kier molecular flexibility index (Phi) is 10.2. The SMILES string of the molecule is C[C@@H]1CN(c2cc(F)c(-c3ccc(OCC4CC4)nc3)cc2NC(=O)c2cnc(OCC[Si-](C)(C)C)cc2C(F)(F)F)C[C@H](C)N1C. The summed E-state index contributed by atoms with van der Waals surface area (Å²) in [6, 6.07) is 7.81. The van der Waals surface area contributed by atoms with E-state index >= 15 is 4.39 Å². The molecule has 0 unspecified atom stereocenters. The number of hydrogen-bond donors (Lipinski definition) is 1. The predicted octanol–water partition coefficient (Wildman–Crippen LogP) is 7.59. The van der Waals surface area contributed by atoms with Crippen molar-refractivity contribution >= 4 is 25.4 Å². The molecular weight excluding hydrogens is 630 g/mol. The highest BCUT2D eigenvalue weighted by atomic mass is 28.3. The van der Waals surface area contributed by atoms with Crippen molar-refractivity contribution in [2.75, 3.05) is 43.6 Å². The molecule has 2 fully saturated rings. The van der Waals surface area contributed by atoms with Crippen molar-refractivity contribution in [3.8, 4) is 22.9 Å². The number of likely N-dealkylation sites (N-methyl/N-ethyl adjacent to an activating group) is 1. The van der Waals surface area contributed by atoms with Crippen molar-refractivity contribution in [2.45, 2.75) is 70.6 Å². The molecule has 5 rings (SSSR count). The van der Waals surface area contributed by atoms with Gasteiger partial charge in [-0.3, -0.25) is 9.69 Å². The van der Waals surface area contributed by atoms with E-state index in [1.165, 1.54) is 18.3 Å². The van der Waals surface area contributed by atoms with E-state index in [-0.39, 0.29) is 35.8 Å². The van der Waals surface area contributed by atoms with Gasteiger partial charge in [0.2, 0.25) is 11.8 Å². The summed E-state index contributed by atoms with van der Waals surface area (Å²) < 4.78 is 69.9. The van der Waals surface area contributed by atoms with Crippen molar-refractivity contribution < 1.29 is 31.8 Å². The fourth-order valence-corrected chi connectivity index (χ4v) is 6.16. The standard InChI is InChI=1S/C34H43F4N5O3Si/c1-21-18-43(19-22(2)42(21)3)30-15-28(35)25(24-9-10-31(39-16-24)46-20-23-7-8-23)13-29(30)41-33(44)26-17-40-32(14-27(26)34(36,37)38)45-11-12-47(4,5)6/h9-10,13-17,21-23H,7-8,11-12,18-20H2,1-6H3,(H,41,44)/q-1/t21-,22+. The molecule has 1 saturated carbocycles. The van der Waals surface area contributed by atoms with Crippen LogP contribution in [0.5, 0.6) is 11.8 Å². The molecule has 0 radical (unpaired) electrons. The molecule has 1 aromatic carbocycles. The van der Waals surface area contributed by atoms with Crippen molar-refractivity contribution in [1.82, 2.24) is 14.9 Å². The van der Waals surface area contributed by atoms with Crippen LogP contribution in [0.2, 0.25) is 25.7 Å². The number of piperazine rings is 1. The molecule has 255 valence electrons. The molecule has 2 aliphatic rings. The minimum atomic E-state index is -4.85. The summed E-state index contributed by atoms with van der Waals surface area (Å²) in [4.78, 5) is 26.1. The van der Waals surface area contributed by atoms with Crippen molar-refractivity contribution in [3.05, 3.63) is 59.7 Å². The molecule has 1 aliphatic carbocycles. The van der Waals surface area contributed by atoms with Crippen LogP contribution in [0, 0.1) is 11.7 Å². The Labute approximate surface area is 274 Å². The van der Waals surface area contributed by atoms with Gasteiger partial charge >= 0.3 is 6.18 Å². The Morgan fingerprint density at radius 2 is 1.68 bits per heavy atom. The minimum Gasteiger partial charge on any atom is -0.481 e. The number of anilines is 2. The second-order valence-corrected chi connectivity index (χ2v) is 19.6. The third-order valence-electron chi connectivity index (χ3n) is 8.78. The molecule has 13 heteroatoms. The molecule has 0 bridgehead atoms. The maximum absolute atomic E-state index is 15.8. The molecule has 8 nitrogen and oxygen atoms in total.